The summed E-state index contributed by atoms with van der Waals surface area (Å²) in [5, 5.41) is 15.9. The maximum Gasteiger partial charge on any atom is 0.372 e. The summed E-state index contributed by atoms with van der Waals surface area (Å²) in [6.45, 7) is 2.40. The number of nitrogens with one attached hydrogen (secondary N) is 1. The van der Waals surface area contributed by atoms with Crippen molar-refractivity contribution in [1.82, 2.24) is 14.4 Å². The molecule has 0 spiro atoms. The van der Waals surface area contributed by atoms with E-state index >= 15 is 0 Å². The molecule has 7 nitrogen and oxygen atoms in total. The van der Waals surface area contributed by atoms with Gasteiger partial charge >= 0.3 is 5.82 Å². The quantitative estimate of drug-likeness (QED) is 0.591. The monoisotopic (exact) mass is 295 g/mol. The number of rotatable bonds is 4. The Morgan fingerprint density at radius 3 is 3.05 bits per heavy atom. The van der Waals surface area contributed by atoms with Crippen LogP contribution in [-0.2, 0) is 6.54 Å². The summed E-state index contributed by atoms with van der Waals surface area (Å²) in [6, 6.07) is 0. The summed E-state index contributed by atoms with van der Waals surface area (Å²) in [6.07, 6.45) is 1.65. The second-order valence-electron chi connectivity index (χ2n) is 3.81. The Bertz CT molecular complexity index is 744. The predicted octanol–water partition coefficient (Wildman–Crippen LogP) is 2.68. The molecule has 0 amide bonds. The van der Waals surface area contributed by atoms with E-state index in [2.05, 4.69) is 15.3 Å². The van der Waals surface area contributed by atoms with Crippen LogP contribution in [0, 0.1) is 17.0 Å². The van der Waals surface area contributed by atoms with Crippen molar-refractivity contribution in [3.63, 3.8) is 0 Å². The van der Waals surface area contributed by atoms with Crippen LogP contribution in [0.4, 0.5) is 11.6 Å². The minimum atomic E-state index is -0.422. The molecule has 3 aromatic heterocycles. The first-order valence-corrected chi connectivity index (χ1v) is 7.15. The van der Waals surface area contributed by atoms with Gasteiger partial charge in [-0.05, 0) is 11.8 Å². The highest BCUT2D eigenvalue weighted by Crippen LogP contribution is 2.28. The number of thiazole rings is 2. The third kappa shape index (κ3) is 2.06. The van der Waals surface area contributed by atoms with Gasteiger partial charge in [-0.2, -0.15) is 9.38 Å². The van der Waals surface area contributed by atoms with Crippen LogP contribution in [0.1, 0.15) is 10.6 Å². The molecule has 0 bridgehead atoms. The summed E-state index contributed by atoms with van der Waals surface area (Å²) < 4.78 is 1.48. The lowest BCUT2D eigenvalue weighted by molar-refractivity contribution is -0.389. The van der Waals surface area contributed by atoms with Crippen LogP contribution in [0.2, 0.25) is 0 Å². The van der Waals surface area contributed by atoms with E-state index < -0.39 is 4.92 Å². The van der Waals surface area contributed by atoms with Crippen LogP contribution in [0.15, 0.2) is 17.1 Å². The van der Waals surface area contributed by atoms with Crippen LogP contribution in [0.3, 0.4) is 0 Å². The summed E-state index contributed by atoms with van der Waals surface area (Å²) in [5.41, 5.74) is 2.69. The van der Waals surface area contributed by atoms with Crippen LogP contribution < -0.4 is 5.32 Å². The highest BCUT2D eigenvalue weighted by Gasteiger charge is 2.23. The van der Waals surface area contributed by atoms with Crippen LogP contribution in [0.5, 0.6) is 0 Å². The molecule has 9 heteroatoms. The molecule has 0 aliphatic heterocycles. The largest absolute Gasteiger partial charge is 0.372 e. The first-order chi connectivity index (χ1) is 9.16. The van der Waals surface area contributed by atoms with E-state index in [1.54, 1.807) is 17.1 Å². The number of fused-ring (bicyclic) bond motifs is 1. The zero-order valence-corrected chi connectivity index (χ0v) is 11.5. The molecule has 1 N–H and O–H groups in total. The lowest BCUT2D eigenvalue weighted by Crippen LogP contribution is -2.03. The number of anilines is 1. The molecule has 0 aromatic carbocycles. The number of hydrogen-bond acceptors (Lipinski definition) is 7. The molecule has 3 aromatic rings. The molecule has 3 heterocycles. The Morgan fingerprint density at radius 1 is 1.53 bits per heavy atom. The molecule has 0 saturated heterocycles. The molecule has 0 aliphatic carbocycles. The van der Waals surface area contributed by atoms with Crippen molar-refractivity contribution in [2.24, 2.45) is 0 Å². The fraction of sp³-hybridized carbons (Fsp3) is 0.200. The van der Waals surface area contributed by atoms with Crippen molar-refractivity contribution >= 4 is 39.3 Å². The summed E-state index contributed by atoms with van der Waals surface area (Å²) >= 11 is 2.88. The molecule has 3 rings (SSSR count). The molecular weight excluding hydrogens is 286 g/mol. The second-order valence-corrected chi connectivity index (χ2v) is 5.62. The second kappa shape index (κ2) is 4.59. The summed E-state index contributed by atoms with van der Waals surface area (Å²) in [4.78, 5) is 20.7. The van der Waals surface area contributed by atoms with E-state index in [1.165, 1.54) is 27.1 Å². The molecule has 0 unspecified atom stereocenters. The van der Waals surface area contributed by atoms with Gasteiger partial charge < -0.3 is 15.4 Å². The normalized spacial score (nSPS) is 11.0. The van der Waals surface area contributed by atoms with Gasteiger partial charge in [-0.25, -0.2) is 4.98 Å². The third-order valence-electron chi connectivity index (χ3n) is 2.67. The zero-order chi connectivity index (χ0) is 13.4. The van der Waals surface area contributed by atoms with Crippen molar-refractivity contribution in [3.8, 4) is 0 Å². The highest BCUT2D eigenvalue weighted by atomic mass is 32.1. The third-order valence-corrected chi connectivity index (χ3v) is 4.36. The summed E-state index contributed by atoms with van der Waals surface area (Å²) in [7, 11) is 0. The number of nitro groups is 1. The van der Waals surface area contributed by atoms with Crippen molar-refractivity contribution in [2.45, 2.75) is 13.5 Å². The smallest absolute Gasteiger partial charge is 0.358 e. The van der Waals surface area contributed by atoms with E-state index in [0.29, 0.717) is 17.3 Å². The van der Waals surface area contributed by atoms with Gasteiger partial charge in [0.05, 0.1) is 17.7 Å². The molecule has 98 valence electrons. The van der Waals surface area contributed by atoms with Gasteiger partial charge in [-0.1, -0.05) is 11.3 Å². The van der Waals surface area contributed by atoms with E-state index in [9.17, 15) is 10.1 Å². The Balaban J connectivity index is 1.92. The lowest BCUT2D eigenvalue weighted by atomic mass is 10.4. The SMILES string of the molecule is Cc1ncsc1CNc1nc2sccn2c1[N+](=O)[O-]. The standard InChI is InChI=1S/C10H9N5O2S2/c1-6-7(19-5-12-6)4-11-8-9(15(16)17)14-2-3-18-10(14)13-8/h2-3,5,11H,4H2,1H3. The lowest BCUT2D eigenvalue weighted by Gasteiger charge is -2.01. The number of aryl methyl sites for hydroxylation is 1. The van der Waals surface area contributed by atoms with Crippen LogP contribution in [0.25, 0.3) is 4.96 Å². The van der Waals surface area contributed by atoms with Gasteiger partial charge in [-0.3, -0.25) is 0 Å². The fourth-order valence-corrected chi connectivity index (χ4v) is 3.15. The Labute approximate surface area is 115 Å². The molecule has 0 fully saturated rings. The van der Waals surface area contributed by atoms with E-state index in [0.717, 1.165) is 10.6 Å². The van der Waals surface area contributed by atoms with E-state index in [-0.39, 0.29) is 5.82 Å². The first kappa shape index (κ1) is 12.1. The molecule has 0 radical (unpaired) electrons. The highest BCUT2D eigenvalue weighted by molar-refractivity contribution is 7.15. The topological polar surface area (TPSA) is 85.4 Å². The average molecular weight is 295 g/mol. The van der Waals surface area contributed by atoms with Gasteiger partial charge in [-0.15, -0.1) is 11.3 Å². The predicted molar refractivity (Wildman–Crippen MR) is 73.9 cm³/mol. The van der Waals surface area contributed by atoms with Crippen LogP contribution >= 0.6 is 22.7 Å². The Hall–Kier alpha value is -2.00. The van der Waals surface area contributed by atoms with Gasteiger partial charge in [0.2, 0.25) is 5.82 Å². The van der Waals surface area contributed by atoms with E-state index in [4.69, 9.17) is 0 Å². The van der Waals surface area contributed by atoms with Gasteiger partial charge in [0.1, 0.15) is 6.20 Å². The zero-order valence-electron chi connectivity index (χ0n) is 9.86. The van der Waals surface area contributed by atoms with Crippen molar-refractivity contribution in [3.05, 3.63) is 37.8 Å². The van der Waals surface area contributed by atoms with Crippen LogP contribution in [-0.4, -0.2) is 19.3 Å². The number of aromatic nitrogens is 3. The van der Waals surface area contributed by atoms with Crippen molar-refractivity contribution < 1.29 is 4.92 Å². The number of imidazole rings is 1. The summed E-state index contributed by atoms with van der Waals surface area (Å²) in [5.74, 6) is 0.267. The van der Waals surface area contributed by atoms with Gasteiger partial charge in [0.25, 0.3) is 4.96 Å². The number of nitrogens with zero attached hydrogens (tertiary/aromatic N) is 4. The molecular formula is C10H9N5O2S2. The molecule has 0 atom stereocenters. The molecule has 0 aliphatic rings. The van der Waals surface area contributed by atoms with Crippen molar-refractivity contribution in [2.75, 3.05) is 5.32 Å². The molecule has 19 heavy (non-hydrogen) atoms. The molecule has 0 saturated carbocycles. The first-order valence-electron chi connectivity index (χ1n) is 5.39. The van der Waals surface area contributed by atoms with E-state index in [1.807, 2.05) is 6.92 Å². The van der Waals surface area contributed by atoms with Crippen molar-refractivity contribution in [1.29, 1.82) is 0 Å². The minimum Gasteiger partial charge on any atom is -0.358 e. The average Bonchev–Trinajstić information content (AvgIpc) is 3.00. The number of hydrogen-bond donors (Lipinski definition) is 1. The Morgan fingerprint density at radius 2 is 2.37 bits per heavy atom. The maximum absolute atomic E-state index is 11.1. The minimum absolute atomic E-state index is 0.0292. The fourth-order valence-electron chi connectivity index (χ4n) is 1.73. The maximum atomic E-state index is 11.1. The Kier molecular flexibility index (Phi) is 2.91. The van der Waals surface area contributed by atoms with Gasteiger partial charge in [0.15, 0.2) is 0 Å². The van der Waals surface area contributed by atoms with Gasteiger partial charge in [0, 0.05) is 10.3 Å².